The van der Waals surface area contributed by atoms with Gasteiger partial charge >= 0.3 is 5.97 Å². The second-order valence-electron chi connectivity index (χ2n) is 4.05. The molecule has 0 aliphatic carbocycles. The van der Waals surface area contributed by atoms with Crippen molar-refractivity contribution >= 4 is 23.4 Å². The molecular weight excluding hydrogens is 236 g/mol. The molecule has 0 unspecified atom stereocenters. The molecule has 0 aliphatic rings. The van der Waals surface area contributed by atoms with Crippen molar-refractivity contribution in [1.82, 2.24) is 4.98 Å². The lowest BCUT2D eigenvalue weighted by Crippen LogP contribution is -2.08. The smallest absolute Gasteiger partial charge is 0.340 e. The number of esters is 1. The number of rotatable bonds is 5. The van der Waals surface area contributed by atoms with Crippen molar-refractivity contribution in [3.8, 4) is 0 Å². The van der Waals surface area contributed by atoms with Crippen LogP contribution in [-0.4, -0.2) is 23.3 Å². The second-order valence-corrected chi connectivity index (χ2v) is 5.06. The van der Waals surface area contributed by atoms with E-state index in [1.165, 1.54) is 0 Å². The van der Waals surface area contributed by atoms with Gasteiger partial charge in [-0.05, 0) is 18.9 Å². The van der Waals surface area contributed by atoms with E-state index in [1.807, 2.05) is 0 Å². The van der Waals surface area contributed by atoms with Crippen LogP contribution in [0.3, 0.4) is 0 Å². The summed E-state index contributed by atoms with van der Waals surface area (Å²) in [6.07, 6.45) is 1.56. The van der Waals surface area contributed by atoms with E-state index >= 15 is 0 Å². The summed E-state index contributed by atoms with van der Waals surface area (Å²) in [5.74, 6) is 1.08. The van der Waals surface area contributed by atoms with Gasteiger partial charge in [-0.25, -0.2) is 9.78 Å². The first kappa shape index (κ1) is 13.8. The number of carbonyl (C=O) groups is 1. The molecule has 1 aromatic heterocycles. The van der Waals surface area contributed by atoms with Crippen molar-refractivity contribution in [2.24, 2.45) is 5.92 Å². The first-order chi connectivity index (χ1) is 8.04. The van der Waals surface area contributed by atoms with Gasteiger partial charge in [0.25, 0.3) is 0 Å². The van der Waals surface area contributed by atoms with Crippen LogP contribution in [-0.2, 0) is 4.74 Å². The van der Waals surface area contributed by atoms with Gasteiger partial charge in [-0.1, -0.05) is 13.8 Å². The lowest BCUT2D eigenvalue weighted by molar-refractivity contribution is 0.0521. The summed E-state index contributed by atoms with van der Waals surface area (Å²) >= 11 is 1.55. The first-order valence-corrected chi connectivity index (χ1v) is 6.58. The molecule has 1 heterocycles. The van der Waals surface area contributed by atoms with Gasteiger partial charge in [0.2, 0.25) is 0 Å². The van der Waals surface area contributed by atoms with Gasteiger partial charge in [-0.15, -0.1) is 11.8 Å². The monoisotopic (exact) mass is 254 g/mol. The summed E-state index contributed by atoms with van der Waals surface area (Å²) < 4.78 is 4.98. The Balaban J connectivity index is 2.91. The van der Waals surface area contributed by atoms with Crippen molar-refractivity contribution in [3.63, 3.8) is 0 Å². The predicted molar refractivity (Wildman–Crippen MR) is 70.2 cm³/mol. The lowest BCUT2D eigenvalue weighted by atomic mass is 10.2. The van der Waals surface area contributed by atoms with E-state index < -0.39 is 0 Å². The van der Waals surface area contributed by atoms with Gasteiger partial charge < -0.3 is 10.5 Å². The highest BCUT2D eigenvalue weighted by molar-refractivity contribution is 7.99. The maximum absolute atomic E-state index is 11.7. The van der Waals surface area contributed by atoms with Crippen LogP contribution in [0.1, 0.15) is 31.1 Å². The zero-order valence-electron chi connectivity index (χ0n) is 10.4. The molecule has 5 heteroatoms. The zero-order chi connectivity index (χ0) is 12.8. The highest BCUT2D eigenvalue weighted by Crippen LogP contribution is 2.24. The molecule has 0 fully saturated rings. The van der Waals surface area contributed by atoms with E-state index in [0.717, 1.165) is 5.75 Å². The number of nitrogens with zero attached hydrogens (tertiary/aromatic N) is 1. The van der Waals surface area contributed by atoms with E-state index in [1.54, 1.807) is 30.9 Å². The minimum atomic E-state index is -0.362. The average molecular weight is 254 g/mol. The Morgan fingerprint density at radius 3 is 2.88 bits per heavy atom. The summed E-state index contributed by atoms with van der Waals surface area (Å²) in [4.78, 5) is 15.9. The van der Waals surface area contributed by atoms with Gasteiger partial charge in [0.15, 0.2) is 0 Å². The number of aromatic nitrogens is 1. The molecule has 94 valence electrons. The van der Waals surface area contributed by atoms with Crippen LogP contribution >= 0.6 is 11.8 Å². The molecular formula is C12H18N2O2S. The van der Waals surface area contributed by atoms with Gasteiger partial charge in [0, 0.05) is 5.75 Å². The van der Waals surface area contributed by atoms with Crippen LogP contribution in [0.4, 0.5) is 5.69 Å². The zero-order valence-corrected chi connectivity index (χ0v) is 11.2. The molecule has 0 atom stereocenters. The molecule has 1 aromatic rings. The lowest BCUT2D eigenvalue weighted by Gasteiger charge is -2.09. The van der Waals surface area contributed by atoms with E-state index in [-0.39, 0.29) is 5.97 Å². The third kappa shape index (κ3) is 4.26. The number of carbonyl (C=O) groups excluding carboxylic acids is 1. The van der Waals surface area contributed by atoms with Crippen molar-refractivity contribution in [2.75, 3.05) is 18.1 Å². The molecule has 0 radical (unpaired) electrons. The maximum Gasteiger partial charge on any atom is 0.340 e. The van der Waals surface area contributed by atoms with Crippen molar-refractivity contribution < 1.29 is 9.53 Å². The van der Waals surface area contributed by atoms with Crippen molar-refractivity contribution in [1.29, 1.82) is 0 Å². The third-order valence-electron chi connectivity index (χ3n) is 1.92. The predicted octanol–water partition coefficient (Wildman–Crippen LogP) is 2.59. The van der Waals surface area contributed by atoms with E-state index in [4.69, 9.17) is 10.5 Å². The fourth-order valence-electron chi connectivity index (χ4n) is 1.18. The number of anilines is 1. The van der Waals surface area contributed by atoms with Crippen LogP contribution < -0.4 is 5.73 Å². The molecule has 0 amide bonds. The number of pyridine rings is 1. The van der Waals surface area contributed by atoms with Crippen LogP contribution in [0.5, 0.6) is 0 Å². The van der Waals surface area contributed by atoms with Crippen LogP contribution in [0.25, 0.3) is 0 Å². The minimum absolute atomic E-state index is 0.349. The largest absolute Gasteiger partial charge is 0.462 e. The second kappa shape index (κ2) is 6.49. The van der Waals surface area contributed by atoms with Crippen molar-refractivity contribution in [3.05, 3.63) is 17.8 Å². The Labute approximate surface area is 106 Å². The van der Waals surface area contributed by atoms with Crippen LogP contribution in [0.2, 0.25) is 0 Å². The fourth-order valence-corrected chi connectivity index (χ4v) is 2.10. The molecule has 0 saturated heterocycles. The molecule has 0 aliphatic heterocycles. The quantitative estimate of drug-likeness (QED) is 0.646. The Hall–Kier alpha value is -1.23. The number of hydrogen-bond donors (Lipinski definition) is 1. The Morgan fingerprint density at radius 1 is 1.59 bits per heavy atom. The highest BCUT2D eigenvalue weighted by Gasteiger charge is 2.15. The molecule has 0 spiro atoms. The summed E-state index contributed by atoms with van der Waals surface area (Å²) in [6, 6.07) is 1.62. The Morgan fingerprint density at radius 2 is 2.29 bits per heavy atom. The van der Waals surface area contributed by atoms with Crippen LogP contribution in [0, 0.1) is 5.92 Å². The van der Waals surface area contributed by atoms with Gasteiger partial charge in [0.05, 0.1) is 24.1 Å². The van der Waals surface area contributed by atoms with Crippen LogP contribution in [0.15, 0.2) is 17.3 Å². The molecule has 2 N–H and O–H groups in total. The highest BCUT2D eigenvalue weighted by atomic mass is 32.2. The fraction of sp³-hybridized carbons (Fsp3) is 0.500. The minimum Gasteiger partial charge on any atom is -0.462 e. The van der Waals surface area contributed by atoms with Gasteiger partial charge in [0.1, 0.15) is 5.03 Å². The summed E-state index contributed by atoms with van der Waals surface area (Å²) in [5, 5.41) is 0.686. The number of nitrogen functional groups attached to an aromatic ring is 1. The molecule has 1 rings (SSSR count). The summed E-state index contributed by atoms with van der Waals surface area (Å²) in [5.41, 5.74) is 6.57. The van der Waals surface area contributed by atoms with E-state index in [0.29, 0.717) is 28.8 Å². The molecule has 4 nitrogen and oxygen atoms in total. The number of thioether (sulfide) groups is 1. The Bertz CT molecular complexity index is 394. The molecule has 0 saturated carbocycles. The molecule has 17 heavy (non-hydrogen) atoms. The summed E-state index contributed by atoms with van der Waals surface area (Å²) in [7, 11) is 0. The SMILES string of the molecule is CCOC(=O)c1cc(N)cnc1SCC(C)C. The van der Waals surface area contributed by atoms with Gasteiger partial charge in [-0.3, -0.25) is 0 Å². The number of nitrogens with two attached hydrogens (primary N) is 1. The first-order valence-electron chi connectivity index (χ1n) is 5.60. The third-order valence-corrected chi connectivity index (χ3v) is 3.35. The normalized spacial score (nSPS) is 10.6. The molecule has 0 bridgehead atoms. The topological polar surface area (TPSA) is 65.2 Å². The average Bonchev–Trinajstić information content (AvgIpc) is 2.27. The molecule has 0 aromatic carbocycles. The van der Waals surface area contributed by atoms with E-state index in [9.17, 15) is 4.79 Å². The van der Waals surface area contributed by atoms with Gasteiger partial charge in [-0.2, -0.15) is 0 Å². The number of hydrogen-bond acceptors (Lipinski definition) is 5. The standard InChI is InChI=1S/C12H18N2O2S/c1-4-16-12(15)10-5-9(13)6-14-11(10)17-7-8(2)3/h5-6,8H,4,7,13H2,1-3H3. The van der Waals surface area contributed by atoms with Crippen molar-refractivity contribution in [2.45, 2.75) is 25.8 Å². The number of ether oxygens (including phenoxy) is 1. The van der Waals surface area contributed by atoms with E-state index in [2.05, 4.69) is 18.8 Å². The Kier molecular flexibility index (Phi) is 5.28. The maximum atomic E-state index is 11.7. The summed E-state index contributed by atoms with van der Waals surface area (Å²) in [6.45, 7) is 6.36.